The van der Waals surface area contributed by atoms with E-state index in [1.165, 1.54) is 0 Å². The largest absolute Gasteiger partial charge is 0.444 e. The molecular formula is C10H21NO4. The van der Waals surface area contributed by atoms with Crippen molar-refractivity contribution in [2.75, 3.05) is 13.2 Å². The van der Waals surface area contributed by atoms with E-state index in [0.29, 0.717) is 0 Å². The van der Waals surface area contributed by atoms with Gasteiger partial charge in [0.15, 0.2) is 0 Å². The molecule has 0 bridgehead atoms. The molecule has 0 aliphatic heterocycles. The third-order valence-electron chi connectivity index (χ3n) is 1.87. The van der Waals surface area contributed by atoms with Crippen LogP contribution in [0.25, 0.3) is 0 Å². The van der Waals surface area contributed by atoms with Crippen molar-refractivity contribution in [3.05, 3.63) is 0 Å². The lowest BCUT2D eigenvalue weighted by atomic mass is 10.0. The van der Waals surface area contributed by atoms with Gasteiger partial charge < -0.3 is 20.3 Å². The number of aliphatic hydroxyl groups excluding tert-OH is 2. The highest BCUT2D eigenvalue weighted by atomic mass is 16.6. The van der Waals surface area contributed by atoms with Gasteiger partial charge in [-0.3, -0.25) is 0 Å². The number of hydrogen-bond donors (Lipinski definition) is 3. The highest BCUT2D eigenvalue weighted by molar-refractivity contribution is 5.68. The second-order valence-electron chi connectivity index (χ2n) is 4.60. The van der Waals surface area contributed by atoms with Crippen LogP contribution in [0.1, 0.15) is 27.7 Å². The molecule has 0 saturated carbocycles. The second kappa shape index (κ2) is 5.92. The maximum Gasteiger partial charge on any atom is 0.407 e. The Morgan fingerprint density at radius 1 is 1.33 bits per heavy atom. The van der Waals surface area contributed by atoms with Crippen LogP contribution < -0.4 is 5.32 Å². The number of hydrogen-bond acceptors (Lipinski definition) is 4. The number of amides is 1. The maximum absolute atomic E-state index is 11.3. The van der Waals surface area contributed by atoms with Gasteiger partial charge in [-0.15, -0.1) is 0 Å². The van der Waals surface area contributed by atoms with Crippen LogP contribution in [0.3, 0.4) is 0 Å². The fraction of sp³-hybridized carbons (Fsp3) is 0.900. The molecule has 1 amide bonds. The number of alkyl carbamates (subject to hydrolysis) is 1. The minimum atomic E-state index is -0.582. The lowest BCUT2D eigenvalue weighted by molar-refractivity contribution is 0.0438. The number of aliphatic hydroxyl groups is 2. The third-order valence-corrected chi connectivity index (χ3v) is 1.87. The Bertz CT molecular complexity index is 200. The van der Waals surface area contributed by atoms with E-state index in [1.54, 1.807) is 27.7 Å². The zero-order valence-corrected chi connectivity index (χ0v) is 9.78. The summed E-state index contributed by atoms with van der Waals surface area (Å²) in [6, 6.07) is -0.482. The van der Waals surface area contributed by atoms with Gasteiger partial charge in [-0.2, -0.15) is 0 Å². The monoisotopic (exact) mass is 219 g/mol. The van der Waals surface area contributed by atoms with Gasteiger partial charge in [0, 0.05) is 12.5 Å². The van der Waals surface area contributed by atoms with Crippen molar-refractivity contribution < 1.29 is 19.7 Å². The molecule has 0 aromatic carbocycles. The summed E-state index contributed by atoms with van der Waals surface area (Å²) < 4.78 is 5.02. The predicted octanol–water partition coefficient (Wildman–Crippen LogP) is 0.500. The molecule has 0 fully saturated rings. The normalized spacial score (nSPS) is 15.6. The molecule has 0 aliphatic carbocycles. The van der Waals surface area contributed by atoms with Crippen molar-refractivity contribution in [3.8, 4) is 0 Å². The average Bonchev–Trinajstić information content (AvgIpc) is 2.10. The van der Waals surface area contributed by atoms with Crippen LogP contribution in [0, 0.1) is 5.92 Å². The topological polar surface area (TPSA) is 78.8 Å². The van der Waals surface area contributed by atoms with Gasteiger partial charge in [-0.1, -0.05) is 6.92 Å². The Balaban J connectivity index is 4.13. The van der Waals surface area contributed by atoms with Gasteiger partial charge in [0.25, 0.3) is 0 Å². The minimum Gasteiger partial charge on any atom is -0.444 e. The molecular weight excluding hydrogens is 198 g/mol. The molecule has 5 heteroatoms. The van der Waals surface area contributed by atoms with Crippen molar-refractivity contribution in [1.29, 1.82) is 0 Å². The second-order valence-corrected chi connectivity index (χ2v) is 4.60. The van der Waals surface area contributed by atoms with E-state index in [2.05, 4.69) is 5.32 Å². The first-order chi connectivity index (χ1) is 6.80. The first-order valence-electron chi connectivity index (χ1n) is 5.01. The van der Waals surface area contributed by atoms with E-state index in [1.807, 2.05) is 0 Å². The molecule has 0 radical (unpaired) electrons. The molecule has 5 nitrogen and oxygen atoms in total. The van der Waals surface area contributed by atoms with Crippen LogP contribution >= 0.6 is 0 Å². The summed E-state index contributed by atoms with van der Waals surface area (Å²) in [4.78, 5) is 11.3. The van der Waals surface area contributed by atoms with Crippen molar-refractivity contribution in [2.24, 2.45) is 5.92 Å². The fourth-order valence-electron chi connectivity index (χ4n) is 0.954. The number of nitrogens with one attached hydrogen (secondary N) is 1. The number of carbonyl (C=O) groups excluding carboxylic acids is 1. The molecule has 0 spiro atoms. The molecule has 0 rings (SSSR count). The van der Waals surface area contributed by atoms with Crippen LogP contribution in [0.15, 0.2) is 0 Å². The maximum atomic E-state index is 11.3. The van der Waals surface area contributed by atoms with Crippen LogP contribution in [-0.4, -0.2) is 41.2 Å². The van der Waals surface area contributed by atoms with Gasteiger partial charge >= 0.3 is 6.09 Å². The summed E-state index contributed by atoms with van der Waals surface area (Å²) >= 11 is 0. The van der Waals surface area contributed by atoms with Gasteiger partial charge in [0.05, 0.1) is 12.6 Å². The number of rotatable bonds is 4. The first kappa shape index (κ1) is 14.2. The Morgan fingerprint density at radius 2 is 1.87 bits per heavy atom. The van der Waals surface area contributed by atoms with Gasteiger partial charge in [-0.05, 0) is 20.8 Å². The lowest BCUT2D eigenvalue weighted by Gasteiger charge is -2.25. The van der Waals surface area contributed by atoms with Crippen LogP contribution in [0.5, 0.6) is 0 Å². The third kappa shape index (κ3) is 6.30. The molecule has 15 heavy (non-hydrogen) atoms. The standard InChI is InChI=1S/C10H21NO4/c1-7(5-12)8(6-13)11-9(14)15-10(2,3)4/h7-8,12-13H,5-6H2,1-4H3,(H,11,14)/t7-,8+/m0/s1. The smallest absolute Gasteiger partial charge is 0.407 e. The molecule has 0 aromatic rings. The Morgan fingerprint density at radius 3 is 2.20 bits per heavy atom. The molecule has 0 aromatic heterocycles. The van der Waals surface area contributed by atoms with Crippen LogP contribution in [0.2, 0.25) is 0 Å². The summed E-state index contributed by atoms with van der Waals surface area (Å²) in [7, 11) is 0. The molecule has 0 aliphatic rings. The molecule has 90 valence electrons. The molecule has 0 saturated heterocycles. The zero-order chi connectivity index (χ0) is 12.1. The summed E-state index contributed by atoms with van der Waals surface area (Å²) in [5, 5.41) is 20.4. The van der Waals surface area contributed by atoms with E-state index in [-0.39, 0.29) is 19.1 Å². The Hall–Kier alpha value is -0.810. The summed E-state index contributed by atoms with van der Waals surface area (Å²) in [6.45, 7) is 6.70. The highest BCUT2D eigenvalue weighted by Gasteiger charge is 2.22. The van der Waals surface area contributed by atoms with Gasteiger partial charge in [0.1, 0.15) is 5.60 Å². The number of carbonyl (C=O) groups is 1. The summed E-state index contributed by atoms with van der Waals surface area (Å²) in [6.07, 6.45) is -0.582. The molecule has 2 atom stereocenters. The van der Waals surface area contributed by atoms with Crippen molar-refractivity contribution in [3.63, 3.8) is 0 Å². The summed E-state index contributed by atoms with van der Waals surface area (Å²) in [5.74, 6) is -0.206. The van der Waals surface area contributed by atoms with Gasteiger partial charge in [-0.25, -0.2) is 4.79 Å². The fourth-order valence-corrected chi connectivity index (χ4v) is 0.954. The van der Waals surface area contributed by atoms with E-state index in [9.17, 15) is 4.79 Å². The summed E-state index contributed by atoms with van der Waals surface area (Å²) in [5.41, 5.74) is -0.563. The predicted molar refractivity (Wildman–Crippen MR) is 56.5 cm³/mol. The average molecular weight is 219 g/mol. The quantitative estimate of drug-likeness (QED) is 0.643. The van der Waals surface area contributed by atoms with E-state index in [0.717, 1.165) is 0 Å². The van der Waals surface area contributed by atoms with Crippen molar-refractivity contribution in [2.45, 2.75) is 39.3 Å². The molecule has 3 N–H and O–H groups in total. The Kier molecular flexibility index (Phi) is 5.60. The molecule has 0 unspecified atom stereocenters. The zero-order valence-electron chi connectivity index (χ0n) is 9.78. The minimum absolute atomic E-state index is 0.0962. The highest BCUT2D eigenvalue weighted by Crippen LogP contribution is 2.08. The van der Waals surface area contributed by atoms with Crippen molar-refractivity contribution >= 4 is 6.09 Å². The van der Waals surface area contributed by atoms with E-state index < -0.39 is 17.7 Å². The van der Waals surface area contributed by atoms with Crippen LogP contribution in [-0.2, 0) is 4.74 Å². The molecule has 0 heterocycles. The van der Waals surface area contributed by atoms with Crippen LogP contribution in [0.4, 0.5) is 4.79 Å². The van der Waals surface area contributed by atoms with Crippen molar-refractivity contribution in [1.82, 2.24) is 5.32 Å². The Labute approximate surface area is 90.4 Å². The van der Waals surface area contributed by atoms with E-state index in [4.69, 9.17) is 14.9 Å². The lowest BCUT2D eigenvalue weighted by Crippen LogP contribution is -2.45. The number of ether oxygens (including phenoxy) is 1. The first-order valence-corrected chi connectivity index (χ1v) is 5.01. The van der Waals surface area contributed by atoms with E-state index >= 15 is 0 Å². The van der Waals surface area contributed by atoms with Gasteiger partial charge in [0.2, 0.25) is 0 Å². The SMILES string of the molecule is C[C@@H](CO)[C@@H](CO)NC(=O)OC(C)(C)C.